The molecule has 1 heterocycles. The Hall–Kier alpha value is -1.64. The van der Waals surface area contributed by atoms with Crippen molar-refractivity contribution in [2.24, 2.45) is 5.92 Å². The normalized spacial score (nSPS) is 20.8. The van der Waals surface area contributed by atoms with Gasteiger partial charge in [0.05, 0.1) is 0 Å². The molecule has 3 nitrogen and oxygen atoms in total. The van der Waals surface area contributed by atoms with Gasteiger partial charge in [0.15, 0.2) is 6.54 Å². The Morgan fingerprint density at radius 3 is 2.79 bits per heavy atom. The number of hydrogen-bond acceptors (Lipinski definition) is 1. The van der Waals surface area contributed by atoms with Gasteiger partial charge in [0.1, 0.15) is 5.92 Å². The van der Waals surface area contributed by atoms with Crippen LogP contribution in [0.4, 0.5) is 0 Å². The molecule has 2 rings (SSSR count). The molecule has 19 heavy (non-hydrogen) atoms. The van der Waals surface area contributed by atoms with Crippen LogP contribution < -0.4 is 5.43 Å². The average Bonchev–Trinajstić information content (AvgIpc) is 2.76. The first kappa shape index (κ1) is 13.8. The fourth-order valence-electron chi connectivity index (χ4n) is 2.44. The van der Waals surface area contributed by atoms with Gasteiger partial charge in [-0.25, -0.2) is 0 Å². The Bertz CT molecular complexity index is 439. The summed E-state index contributed by atoms with van der Waals surface area (Å²) < 4.78 is 1.92. The van der Waals surface area contributed by atoms with Crippen LogP contribution >= 0.6 is 0 Å². The summed E-state index contributed by atoms with van der Waals surface area (Å²) in [5.74, 6) is 0.320. The molecular weight excluding hydrogens is 236 g/mol. The first-order chi connectivity index (χ1) is 9.29. The van der Waals surface area contributed by atoms with E-state index in [1.807, 2.05) is 41.2 Å². The Kier molecular flexibility index (Phi) is 5.13. The van der Waals surface area contributed by atoms with Gasteiger partial charge in [-0.1, -0.05) is 50.8 Å². The van der Waals surface area contributed by atoms with Crippen LogP contribution in [0.15, 0.2) is 30.3 Å². The highest BCUT2D eigenvalue weighted by molar-refractivity contribution is 5.81. The standard InChI is InChI=1S/C16H22N2O/c1-2-3-4-8-11-15-13-18(17-16(15)19)12-14-9-6-5-7-10-14/h5-7,9-10,12,15H,2-4,8,11,13H2,1H3/p+1/b18-12+/t15-/m0/s1. The van der Waals surface area contributed by atoms with Crippen molar-refractivity contribution >= 4 is 12.1 Å². The highest BCUT2D eigenvalue weighted by atomic mass is 16.2. The second-order valence-corrected chi connectivity index (χ2v) is 5.21. The summed E-state index contributed by atoms with van der Waals surface area (Å²) in [6.45, 7) is 3.00. The SMILES string of the molecule is CCCCCC[C@H]1C/[N+](=C\c2ccccc2)NC1=O. The van der Waals surface area contributed by atoms with Crippen LogP contribution in [0.3, 0.4) is 0 Å². The van der Waals surface area contributed by atoms with Gasteiger partial charge in [-0.2, -0.15) is 0 Å². The van der Waals surface area contributed by atoms with Gasteiger partial charge in [-0.15, -0.1) is 10.1 Å². The number of nitrogens with one attached hydrogen (secondary N) is 1. The number of unbranched alkanes of at least 4 members (excludes halogenated alkanes) is 3. The lowest BCUT2D eigenvalue weighted by Crippen LogP contribution is -2.25. The second-order valence-electron chi connectivity index (χ2n) is 5.21. The van der Waals surface area contributed by atoms with E-state index in [0.717, 1.165) is 24.9 Å². The molecule has 0 spiro atoms. The van der Waals surface area contributed by atoms with Crippen molar-refractivity contribution in [3.8, 4) is 0 Å². The molecule has 0 aromatic heterocycles. The maximum Gasteiger partial charge on any atom is 0.283 e. The molecule has 1 N–H and O–H groups in total. The molecule has 1 amide bonds. The third kappa shape index (κ3) is 4.19. The van der Waals surface area contributed by atoms with Gasteiger partial charge in [-0.05, 0) is 18.6 Å². The van der Waals surface area contributed by atoms with E-state index < -0.39 is 0 Å². The van der Waals surface area contributed by atoms with Crippen molar-refractivity contribution in [3.05, 3.63) is 35.9 Å². The average molecular weight is 259 g/mol. The van der Waals surface area contributed by atoms with Crippen molar-refractivity contribution in [1.29, 1.82) is 0 Å². The minimum Gasteiger partial charge on any atom is -0.269 e. The predicted molar refractivity (Wildman–Crippen MR) is 77.1 cm³/mol. The molecule has 0 radical (unpaired) electrons. The van der Waals surface area contributed by atoms with E-state index in [9.17, 15) is 4.79 Å². The van der Waals surface area contributed by atoms with E-state index in [1.54, 1.807) is 0 Å². The summed E-state index contributed by atoms with van der Waals surface area (Å²) in [6.07, 6.45) is 7.92. The fraction of sp³-hybridized carbons (Fsp3) is 0.500. The predicted octanol–water partition coefficient (Wildman–Crippen LogP) is 2.75. The minimum atomic E-state index is 0.150. The van der Waals surface area contributed by atoms with E-state index in [4.69, 9.17) is 0 Å². The second kappa shape index (κ2) is 7.07. The molecule has 1 fully saturated rings. The lowest BCUT2D eigenvalue weighted by molar-refractivity contribution is -0.556. The van der Waals surface area contributed by atoms with Crippen LogP contribution in [0.2, 0.25) is 0 Å². The molecule has 0 bridgehead atoms. The molecule has 0 unspecified atom stereocenters. The Morgan fingerprint density at radius 1 is 1.26 bits per heavy atom. The number of rotatable bonds is 6. The van der Waals surface area contributed by atoms with Crippen molar-refractivity contribution in [2.75, 3.05) is 6.54 Å². The molecule has 102 valence electrons. The summed E-state index contributed by atoms with van der Waals surface area (Å²) in [5, 5.41) is 0. The van der Waals surface area contributed by atoms with Crippen LogP contribution in [0, 0.1) is 5.92 Å². The third-order valence-electron chi connectivity index (χ3n) is 3.55. The maximum absolute atomic E-state index is 11.9. The van der Waals surface area contributed by atoms with Gasteiger partial charge >= 0.3 is 0 Å². The van der Waals surface area contributed by atoms with Crippen LogP contribution in [-0.4, -0.2) is 23.4 Å². The number of hydrazine groups is 1. The molecular formula is C16H23N2O+. The van der Waals surface area contributed by atoms with Crippen molar-refractivity contribution in [2.45, 2.75) is 39.0 Å². The van der Waals surface area contributed by atoms with E-state index in [-0.39, 0.29) is 11.8 Å². The highest BCUT2D eigenvalue weighted by Gasteiger charge is 2.33. The number of carbonyl (C=O) groups is 1. The molecule has 1 atom stereocenters. The van der Waals surface area contributed by atoms with Crippen molar-refractivity contribution < 1.29 is 9.48 Å². The van der Waals surface area contributed by atoms with E-state index >= 15 is 0 Å². The number of benzene rings is 1. The fourth-order valence-corrected chi connectivity index (χ4v) is 2.44. The van der Waals surface area contributed by atoms with E-state index in [1.165, 1.54) is 19.3 Å². The zero-order valence-electron chi connectivity index (χ0n) is 11.6. The Labute approximate surface area is 115 Å². The zero-order chi connectivity index (χ0) is 13.5. The van der Waals surface area contributed by atoms with Crippen LogP contribution in [0.25, 0.3) is 0 Å². The molecule has 1 aromatic carbocycles. The zero-order valence-corrected chi connectivity index (χ0v) is 11.6. The first-order valence-corrected chi connectivity index (χ1v) is 7.26. The number of hydrogen-bond donors (Lipinski definition) is 1. The summed E-state index contributed by atoms with van der Waals surface area (Å²) >= 11 is 0. The van der Waals surface area contributed by atoms with Gasteiger partial charge in [0.25, 0.3) is 5.91 Å². The third-order valence-corrected chi connectivity index (χ3v) is 3.55. The summed E-state index contributed by atoms with van der Waals surface area (Å²) in [4.78, 5) is 11.9. The first-order valence-electron chi connectivity index (χ1n) is 7.26. The van der Waals surface area contributed by atoms with Crippen molar-refractivity contribution in [3.63, 3.8) is 0 Å². The quantitative estimate of drug-likeness (QED) is 0.618. The summed E-state index contributed by atoms with van der Waals surface area (Å²) in [7, 11) is 0. The Morgan fingerprint density at radius 2 is 2.05 bits per heavy atom. The van der Waals surface area contributed by atoms with Crippen LogP contribution in [0.1, 0.15) is 44.6 Å². The number of nitrogens with zero attached hydrogens (tertiary/aromatic N) is 1. The van der Waals surface area contributed by atoms with Crippen LogP contribution in [-0.2, 0) is 4.79 Å². The van der Waals surface area contributed by atoms with E-state index in [0.29, 0.717) is 0 Å². The lowest BCUT2D eigenvalue weighted by atomic mass is 10.0. The highest BCUT2D eigenvalue weighted by Crippen LogP contribution is 2.15. The molecule has 1 aromatic rings. The minimum absolute atomic E-state index is 0.150. The largest absolute Gasteiger partial charge is 0.283 e. The summed E-state index contributed by atoms with van der Waals surface area (Å²) in [6, 6.07) is 10.1. The topological polar surface area (TPSA) is 32.1 Å². The molecule has 0 saturated carbocycles. The van der Waals surface area contributed by atoms with Gasteiger partial charge in [0, 0.05) is 5.56 Å². The lowest BCUT2D eigenvalue weighted by Gasteiger charge is -2.01. The molecule has 0 aliphatic carbocycles. The molecule has 1 saturated heterocycles. The van der Waals surface area contributed by atoms with Crippen molar-refractivity contribution in [1.82, 2.24) is 5.43 Å². The summed E-state index contributed by atoms with van der Waals surface area (Å²) in [5.41, 5.74) is 4.05. The molecule has 1 aliphatic heterocycles. The monoisotopic (exact) mass is 259 g/mol. The molecule has 3 heteroatoms. The van der Waals surface area contributed by atoms with Gasteiger partial charge in [-0.3, -0.25) is 4.79 Å². The number of carbonyl (C=O) groups excluding carboxylic acids is 1. The number of amides is 1. The number of hydrazone groups is 1. The molecule has 1 aliphatic rings. The Balaban J connectivity index is 1.87. The smallest absolute Gasteiger partial charge is 0.269 e. The van der Waals surface area contributed by atoms with E-state index in [2.05, 4.69) is 12.3 Å². The maximum atomic E-state index is 11.9. The van der Waals surface area contributed by atoms with Crippen LogP contribution in [0.5, 0.6) is 0 Å². The van der Waals surface area contributed by atoms with Gasteiger partial charge < -0.3 is 0 Å². The van der Waals surface area contributed by atoms with Gasteiger partial charge in [0.2, 0.25) is 6.21 Å².